The molecule has 7 nitrogen and oxygen atoms in total. The molecule has 2 aliphatic rings. The average molecular weight is 372 g/mol. The quantitative estimate of drug-likeness (QED) is 0.635. The molecule has 3 N–H and O–H groups in total. The second-order valence-corrected chi connectivity index (χ2v) is 7.36. The molecule has 7 heteroatoms. The maximum Gasteiger partial charge on any atom is 0.325 e. The number of carbonyl (C=O) groups is 3. The Bertz CT molecular complexity index is 713. The third-order valence-corrected chi connectivity index (χ3v) is 5.48. The van der Waals surface area contributed by atoms with Crippen molar-refractivity contribution in [3.05, 3.63) is 35.4 Å². The van der Waals surface area contributed by atoms with Gasteiger partial charge in [0.05, 0.1) is 6.54 Å². The number of imide groups is 1. The summed E-state index contributed by atoms with van der Waals surface area (Å²) in [6, 6.07) is 7.29. The molecule has 146 valence electrons. The predicted molar refractivity (Wildman–Crippen MR) is 102 cm³/mol. The minimum Gasteiger partial charge on any atom is -0.352 e. The van der Waals surface area contributed by atoms with Crippen molar-refractivity contribution in [3.63, 3.8) is 0 Å². The van der Waals surface area contributed by atoms with E-state index in [1.807, 2.05) is 24.3 Å². The van der Waals surface area contributed by atoms with Gasteiger partial charge in [0.2, 0.25) is 5.91 Å². The average Bonchev–Trinajstić information content (AvgIpc) is 2.90. The molecule has 1 spiro atoms. The van der Waals surface area contributed by atoms with Gasteiger partial charge < -0.3 is 16.0 Å². The SMILES string of the molecule is CNCCC(=O)NCc1ccccc1CN1C(=O)NC2(CCCCC2)C1=O. The molecule has 1 heterocycles. The van der Waals surface area contributed by atoms with E-state index in [2.05, 4.69) is 16.0 Å². The first kappa shape index (κ1) is 19.4. The number of hydrogen-bond acceptors (Lipinski definition) is 4. The maximum atomic E-state index is 13.0. The first-order chi connectivity index (χ1) is 13.1. The van der Waals surface area contributed by atoms with E-state index >= 15 is 0 Å². The monoisotopic (exact) mass is 372 g/mol. The maximum absolute atomic E-state index is 13.0. The molecule has 1 aliphatic carbocycles. The fourth-order valence-electron chi connectivity index (χ4n) is 3.89. The van der Waals surface area contributed by atoms with E-state index in [-0.39, 0.29) is 24.4 Å². The van der Waals surface area contributed by atoms with Gasteiger partial charge in [-0.15, -0.1) is 0 Å². The van der Waals surface area contributed by atoms with Gasteiger partial charge in [0.15, 0.2) is 0 Å². The highest BCUT2D eigenvalue weighted by molar-refractivity contribution is 6.07. The van der Waals surface area contributed by atoms with E-state index in [1.54, 1.807) is 7.05 Å². The molecule has 1 aromatic rings. The first-order valence-electron chi connectivity index (χ1n) is 9.68. The number of nitrogens with one attached hydrogen (secondary N) is 3. The van der Waals surface area contributed by atoms with E-state index in [0.717, 1.165) is 43.2 Å². The van der Waals surface area contributed by atoms with Crippen LogP contribution in [-0.4, -0.2) is 41.9 Å². The molecule has 1 saturated heterocycles. The van der Waals surface area contributed by atoms with Gasteiger partial charge in [0.25, 0.3) is 5.91 Å². The van der Waals surface area contributed by atoms with E-state index in [1.165, 1.54) is 4.90 Å². The van der Waals surface area contributed by atoms with E-state index in [0.29, 0.717) is 19.5 Å². The third-order valence-electron chi connectivity index (χ3n) is 5.48. The summed E-state index contributed by atoms with van der Waals surface area (Å²) in [7, 11) is 1.81. The third kappa shape index (κ3) is 4.30. The molecule has 1 aromatic carbocycles. The molecule has 1 aliphatic heterocycles. The van der Waals surface area contributed by atoms with Crippen LogP contribution in [0.3, 0.4) is 0 Å². The van der Waals surface area contributed by atoms with Crippen LogP contribution in [0, 0.1) is 0 Å². The topological polar surface area (TPSA) is 90.5 Å². The molecule has 0 atom stereocenters. The highest BCUT2D eigenvalue weighted by Gasteiger charge is 2.51. The minimum absolute atomic E-state index is 0.0321. The fraction of sp³-hybridized carbons (Fsp3) is 0.550. The van der Waals surface area contributed by atoms with Crippen molar-refractivity contribution in [1.29, 1.82) is 0 Å². The number of benzene rings is 1. The van der Waals surface area contributed by atoms with Crippen molar-refractivity contribution in [2.45, 2.75) is 57.2 Å². The number of nitrogens with zero attached hydrogens (tertiary/aromatic N) is 1. The van der Waals surface area contributed by atoms with Crippen LogP contribution >= 0.6 is 0 Å². The lowest BCUT2D eigenvalue weighted by atomic mass is 9.81. The van der Waals surface area contributed by atoms with Crippen molar-refractivity contribution in [2.24, 2.45) is 0 Å². The molecule has 3 rings (SSSR count). The van der Waals surface area contributed by atoms with Gasteiger partial charge in [0, 0.05) is 19.5 Å². The summed E-state index contributed by atoms with van der Waals surface area (Å²) in [5.74, 6) is -0.143. The zero-order valence-corrected chi connectivity index (χ0v) is 15.8. The summed E-state index contributed by atoms with van der Waals surface area (Å²) >= 11 is 0. The second-order valence-electron chi connectivity index (χ2n) is 7.36. The van der Waals surface area contributed by atoms with Crippen molar-refractivity contribution in [2.75, 3.05) is 13.6 Å². The molecule has 4 amide bonds. The van der Waals surface area contributed by atoms with Gasteiger partial charge in [-0.3, -0.25) is 14.5 Å². The Morgan fingerprint density at radius 3 is 2.56 bits per heavy atom. The van der Waals surface area contributed by atoms with Gasteiger partial charge in [-0.05, 0) is 31.0 Å². The lowest BCUT2D eigenvalue weighted by Gasteiger charge is -2.30. The van der Waals surface area contributed by atoms with Gasteiger partial charge in [0.1, 0.15) is 5.54 Å². The van der Waals surface area contributed by atoms with Crippen LogP contribution in [0.2, 0.25) is 0 Å². The fourth-order valence-corrected chi connectivity index (χ4v) is 3.89. The normalized spacial score (nSPS) is 18.6. The summed E-state index contributed by atoms with van der Waals surface area (Å²) in [6.07, 6.45) is 4.90. The molecule has 2 fully saturated rings. The molecule has 0 radical (unpaired) electrons. The molecular weight excluding hydrogens is 344 g/mol. The Hall–Kier alpha value is -2.41. The molecule has 0 aromatic heterocycles. The zero-order valence-electron chi connectivity index (χ0n) is 15.8. The summed E-state index contributed by atoms with van der Waals surface area (Å²) < 4.78 is 0. The highest BCUT2D eigenvalue weighted by atomic mass is 16.2. The Morgan fingerprint density at radius 2 is 1.85 bits per heavy atom. The van der Waals surface area contributed by atoms with E-state index in [9.17, 15) is 14.4 Å². The molecule has 0 bridgehead atoms. The summed E-state index contributed by atoms with van der Waals surface area (Å²) in [4.78, 5) is 38.6. The Labute approximate surface area is 159 Å². The largest absolute Gasteiger partial charge is 0.352 e. The lowest BCUT2D eigenvalue weighted by Crippen LogP contribution is -2.48. The van der Waals surface area contributed by atoms with Crippen molar-refractivity contribution >= 4 is 17.8 Å². The standard InChI is InChI=1S/C20H28N4O3/c1-21-12-9-17(25)22-13-15-7-3-4-8-16(15)14-24-18(26)20(23-19(24)27)10-5-2-6-11-20/h3-4,7-8,21H,2,5-6,9-14H2,1H3,(H,22,25)(H,23,27). The van der Waals surface area contributed by atoms with Gasteiger partial charge >= 0.3 is 6.03 Å². The molecule has 1 saturated carbocycles. The Morgan fingerprint density at radius 1 is 1.15 bits per heavy atom. The number of carbonyl (C=O) groups excluding carboxylic acids is 3. The predicted octanol–water partition coefficient (Wildman–Crippen LogP) is 1.67. The van der Waals surface area contributed by atoms with Crippen molar-refractivity contribution in [3.8, 4) is 0 Å². The van der Waals surface area contributed by atoms with Crippen LogP contribution in [0.15, 0.2) is 24.3 Å². The first-order valence-corrected chi connectivity index (χ1v) is 9.68. The second kappa shape index (κ2) is 8.52. The number of amides is 4. The zero-order chi connectivity index (χ0) is 19.3. The van der Waals surface area contributed by atoms with Crippen molar-refractivity contribution in [1.82, 2.24) is 20.9 Å². The van der Waals surface area contributed by atoms with Gasteiger partial charge in [-0.1, -0.05) is 43.5 Å². The van der Waals surface area contributed by atoms with Crippen LogP contribution in [0.4, 0.5) is 4.79 Å². The molecule has 27 heavy (non-hydrogen) atoms. The Kier molecular flexibility index (Phi) is 6.11. The number of rotatable bonds is 7. The molecular formula is C20H28N4O3. The van der Waals surface area contributed by atoms with E-state index < -0.39 is 5.54 Å². The van der Waals surface area contributed by atoms with Crippen LogP contribution in [0.25, 0.3) is 0 Å². The molecule has 0 unspecified atom stereocenters. The lowest BCUT2D eigenvalue weighted by molar-refractivity contribution is -0.132. The van der Waals surface area contributed by atoms with Crippen LogP contribution < -0.4 is 16.0 Å². The summed E-state index contributed by atoms with van der Waals surface area (Å²) in [6.45, 7) is 1.24. The summed E-state index contributed by atoms with van der Waals surface area (Å²) in [5, 5.41) is 8.78. The van der Waals surface area contributed by atoms with E-state index in [4.69, 9.17) is 0 Å². The van der Waals surface area contributed by atoms with Gasteiger partial charge in [-0.2, -0.15) is 0 Å². The van der Waals surface area contributed by atoms with Crippen LogP contribution in [0.5, 0.6) is 0 Å². The highest BCUT2D eigenvalue weighted by Crippen LogP contribution is 2.34. The smallest absolute Gasteiger partial charge is 0.325 e. The summed E-state index contributed by atoms with van der Waals surface area (Å²) in [5.41, 5.74) is 1.09. The van der Waals surface area contributed by atoms with Crippen molar-refractivity contribution < 1.29 is 14.4 Å². The van der Waals surface area contributed by atoms with Crippen LogP contribution in [-0.2, 0) is 22.7 Å². The minimum atomic E-state index is -0.703. The number of hydrogen-bond donors (Lipinski definition) is 3. The van der Waals surface area contributed by atoms with Crippen LogP contribution in [0.1, 0.15) is 49.7 Å². The Balaban J connectivity index is 1.68. The number of urea groups is 1. The van der Waals surface area contributed by atoms with Gasteiger partial charge in [-0.25, -0.2) is 4.79 Å².